The molecule has 1 unspecified atom stereocenters. The molecule has 1 aromatic carbocycles. The van der Waals surface area contributed by atoms with E-state index in [4.69, 9.17) is 9.81 Å². The van der Waals surface area contributed by atoms with Crippen LogP contribution in [0.25, 0.3) is 0 Å². The summed E-state index contributed by atoms with van der Waals surface area (Å²) in [5.41, 5.74) is 0.814. The third-order valence-corrected chi connectivity index (χ3v) is 6.05. The summed E-state index contributed by atoms with van der Waals surface area (Å²) in [5, 5.41) is 10.8. The van der Waals surface area contributed by atoms with Gasteiger partial charge in [0.15, 0.2) is 0 Å². The second kappa shape index (κ2) is 9.97. The zero-order chi connectivity index (χ0) is 19.0. The molecule has 0 aliphatic rings. The van der Waals surface area contributed by atoms with Gasteiger partial charge in [-0.25, -0.2) is 0 Å². The molecule has 0 radical (unpaired) electrons. The first-order valence-electron chi connectivity index (χ1n) is 6.93. The fourth-order valence-electron chi connectivity index (χ4n) is 1.60. The molecule has 1 rings (SSSR count). The van der Waals surface area contributed by atoms with Crippen LogP contribution in [-0.2, 0) is 22.5 Å². The van der Waals surface area contributed by atoms with E-state index in [2.05, 4.69) is 9.19 Å². The van der Waals surface area contributed by atoms with Crippen LogP contribution in [0.3, 0.4) is 0 Å². The molecular weight excluding hydrogens is 405 g/mol. The maximum atomic E-state index is 11.5. The van der Waals surface area contributed by atoms with Crippen molar-refractivity contribution in [2.45, 2.75) is 33.6 Å². The van der Waals surface area contributed by atoms with Crippen molar-refractivity contribution in [3.05, 3.63) is 23.8 Å². The van der Waals surface area contributed by atoms with E-state index in [1.54, 1.807) is 19.1 Å². The van der Waals surface area contributed by atoms with Gasteiger partial charge in [-0.15, -0.1) is 0 Å². The zero-order valence-electron chi connectivity index (χ0n) is 13.6. The molecule has 1 amide bonds. The van der Waals surface area contributed by atoms with Crippen molar-refractivity contribution in [2.75, 3.05) is 11.1 Å². The van der Waals surface area contributed by atoms with Crippen LogP contribution in [0.15, 0.2) is 18.2 Å². The normalized spacial score (nSPS) is 13.4. The fraction of sp³-hybridized carbons (Fsp3) is 0.462. The Balaban J connectivity index is 0.000000561. The van der Waals surface area contributed by atoms with E-state index in [0.29, 0.717) is 12.0 Å². The van der Waals surface area contributed by atoms with E-state index >= 15 is 0 Å². The number of aryl methyl sites for hydroxylation is 1. The summed E-state index contributed by atoms with van der Waals surface area (Å²) < 4.78 is 52.5. The number of carbonyl (C=O) groups excluding carboxylic acids is 1. The monoisotopic (exact) mass is 427 g/mol. The predicted molar refractivity (Wildman–Crippen MR) is 88.8 cm³/mol. The topological polar surface area (TPSA) is 150 Å². The van der Waals surface area contributed by atoms with Gasteiger partial charge in [0.25, 0.3) is 10.1 Å². The summed E-state index contributed by atoms with van der Waals surface area (Å²) in [4.78, 5) is 11.0. The van der Waals surface area contributed by atoms with Crippen LogP contribution in [0.2, 0.25) is 0 Å². The molecule has 1 atom stereocenters. The maximum absolute atomic E-state index is 11.5. The molecule has 11 heteroatoms. The minimum atomic E-state index is -4.96. The maximum Gasteiger partial charge on any atom is 0.264 e. The zero-order valence-corrected chi connectivity index (χ0v) is 16.3. The van der Waals surface area contributed by atoms with Crippen LogP contribution in [0.5, 0.6) is 0 Å². The van der Waals surface area contributed by atoms with E-state index in [-0.39, 0.29) is 21.7 Å². The van der Waals surface area contributed by atoms with Crippen molar-refractivity contribution in [1.82, 2.24) is 0 Å². The minimum absolute atomic E-state index is 0.0872. The molecule has 4 N–H and O–H groups in total. The first kappa shape index (κ1) is 22.8. The molecule has 1 aromatic rings. The fourth-order valence-corrected chi connectivity index (χ4v) is 4.09. The molecule has 9 nitrogen and oxygen atoms in total. The van der Waals surface area contributed by atoms with Crippen molar-refractivity contribution in [3.63, 3.8) is 0 Å². The molecule has 0 saturated heterocycles. The summed E-state index contributed by atoms with van der Waals surface area (Å²) in [7, 11) is -3.69. The van der Waals surface area contributed by atoms with Gasteiger partial charge in [0.05, 0.1) is 5.75 Å². The Bertz CT molecular complexity index is 704. The number of carbonyl (C=O) groups is 1. The molecule has 0 saturated carbocycles. The number of nitrogens with one attached hydrogen (secondary N) is 1. The third-order valence-electron chi connectivity index (χ3n) is 2.72. The summed E-state index contributed by atoms with van der Waals surface area (Å²) in [6.45, 7) is 4.82. The molecule has 0 heterocycles. The molecule has 24 heavy (non-hydrogen) atoms. The third kappa shape index (κ3) is 8.62. The molecule has 0 aliphatic heterocycles. The number of benzene rings is 1. The average molecular weight is 427 g/mol. The molecule has 0 aliphatic carbocycles. The van der Waals surface area contributed by atoms with E-state index in [9.17, 15) is 21.0 Å². The number of unbranched alkanes of at least 4 members (excludes halogenated alkanes) is 1. The number of para-hydroxylation sites is 1. The van der Waals surface area contributed by atoms with Crippen molar-refractivity contribution in [2.24, 2.45) is 0 Å². The van der Waals surface area contributed by atoms with Crippen LogP contribution >= 0.6 is 0 Å². The second-order valence-corrected chi connectivity index (χ2v) is 10.0. The van der Waals surface area contributed by atoms with Crippen LogP contribution in [-0.4, -0.2) is 48.2 Å². The number of anilines is 1. The average Bonchev–Trinajstić information content (AvgIpc) is 2.46. The van der Waals surface area contributed by atoms with E-state index < -0.39 is 24.3 Å². The Morgan fingerprint density at radius 1 is 1.38 bits per heavy atom. The number of rotatable bonds is 6. The molecule has 0 aromatic heterocycles. The van der Waals surface area contributed by atoms with Crippen molar-refractivity contribution in [3.8, 4) is 0 Å². The Morgan fingerprint density at radius 2 is 1.96 bits per heavy atom. The molecule has 138 valence electrons. The quantitative estimate of drug-likeness (QED) is 0.224. The number of hydrogen-bond donors (Lipinski definition) is 4. The van der Waals surface area contributed by atoms with Gasteiger partial charge in [-0.1, -0.05) is 13.3 Å². The van der Waals surface area contributed by atoms with Crippen LogP contribution in [0.1, 0.15) is 32.3 Å². The Morgan fingerprint density at radius 3 is 2.33 bits per heavy atom. The Kier molecular flexibility index (Phi) is 9.49. The van der Waals surface area contributed by atoms with Gasteiger partial charge in [0.2, 0.25) is 0 Å². The predicted octanol–water partition coefficient (Wildman–Crippen LogP) is 0.686. The van der Waals surface area contributed by atoms with Gasteiger partial charge < -0.3 is 0 Å². The Labute approximate surface area is 143 Å². The first-order valence-corrected chi connectivity index (χ1v) is 11.9. The minimum Gasteiger partial charge on any atom is -0.286 e. The van der Waals surface area contributed by atoms with Gasteiger partial charge in [-0.3, -0.25) is 4.55 Å². The molecular formula is C13H22AsNO8S. The summed E-state index contributed by atoms with van der Waals surface area (Å²) in [6.07, 6.45) is 1.33. The van der Waals surface area contributed by atoms with Gasteiger partial charge in [-0.05, 0) is 6.42 Å². The van der Waals surface area contributed by atoms with Crippen molar-refractivity contribution >= 4 is 40.2 Å². The van der Waals surface area contributed by atoms with E-state index in [1.807, 2.05) is 6.92 Å². The van der Waals surface area contributed by atoms with Gasteiger partial charge >= 0.3 is 94.8 Å². The van der Waals surface area contributed by atoms with Crippen LogP contribution in [0, 0.1) is 6.92 Å². The first-order chi connectivity index (χ1) is 10.9. The molecule has 0 bridgehead atoms. The van der Waals surface area contributed by atoms with Crippen LogP contribution < -0.4 is 9.67 Å². The second-order valence-electron chi connectivity index (χ2n) is 4.89. The number of hydrogen-bond acceptors (Lipinski definition) is 6. The Hall–Kier alpha value is -1.16. The smallest absolute Gasteiger partial charge is 0.264 e. The van der Waals surface area contributed by atoms with E-state index in [1.165, 1.54) is 13.0 Å². The standard InChI is InChI=1S/C9H12AsNO5.C4H10O3S/c1-6-4-3-5-8(10(13,14)16-15)9(6)11-7(2)12;1-2-3-4-8(5,6)7/h3-5,15H,1-2H3,(H,11,12)(H,13,14);2-4H2,1H3,(H,5,6,7). The van der Waals surface area contributed by atoms with Gasteiger partial charge in [0.1, 0.15) is 0 Å². The number of amides is 1. The van der Waals surface area contributed by atoms with Crippen molar-refractivity contribution < 1.29 is 34.7 Å². The van der Waals surface area contributed by atoms with Crippen LogP contribution in [0.4, 0.5) is 5.69 Å². The van der Waals surface area contributed by atoms with Crippen molar-refractivity contribution in [1.29, 1.82) is 0 Å². The van der Waals surface area contributed by atoms with E-state index in [0.717, 1.165) is 6.42 Å². The summed E-state index contributed by atoms with van der Waals surface area (Å²) >= 11 is -4.96. The molecule has 0 fully saturated rings. The molecule has 0 spiro atoms. The summed E-state index contributed by atoms with van der Waals surface area (Å²) in [5.74, 6) is -0.479. The SMILES string of the molecule is CC(=O)Nc1c(C)cccc1[As](=O)(O)OO.CCCCS(=O)(=O)O. The van der Waals surface area contributed by atoms with Gasteiger partial charge in [0, 0.05) is 0 Å². The summed E-state index contributed by atoms with van der Waals surface area (Å²) in [6, 6.07) is 4.54. The largest absolute Gasteiger partial charge is 0.286 e. The van der Waals surface area contributed by atoms with Gasteiger partial charge in [-0.2, -0.15) is 8.42 Å².